The predicted molar refractivity (Wildman–Crippen MR) is 93.3 cm³/mol. The lowest BCUT2D eigenvalue weighted by Gasteiger charge is -2.41. The van der Waals surface area contributed by atoms with E-state index < -0.39 is 0 Å². The number of carbonyl (C=O) groups excluding carboxylic acids is 1. The first-order chi connectivity index (χ1) is 10.7. The number of morpholine rings is 1. The van der Waals surface area contributed by atoms with Crippen LogP contribution in [0, 0.1) is 11.3 Å². The maximum Gasteiger partial charge on any atom is 0.237 e. The molecule has 0 saturated carbocycles. The fourth-order valence-electron chi connectivity index (χ4n) is 3.30. The minimum atomic E-state index is -0.102. The summed E-state index contributed by atoms with van der Waals surface area (Å²) in [4.78, 5) is 14.9. The van der Waals surface area contributed by atoms with Crippen LogP contribution >= 0.6 is 0 Å². The second kappa shape index (κ2) is 9.00. The Morgan fingerprint density at radius 1 is 1.30 bits per heavy atom. The lowest BCUT2D eigenvalue weighted by molar-refractivity contribution is -0.135. The molecule has 3 unspecified atom stereocenters. The highest BCUT2D eigenvalue weighted by atomic mass is 16.5. The highest BCUT2D eigenvalue weighted by molar-refractivity contribution is 5.82. The van der Waals surface area contributed by atoms with E-state index >= 15 is 0 Å². The number of nitrogens with zero attached hydrogens (tertiary/aromatic N) is 1. The first-order valence-corrected chi connectivity index (χ1v) is 8.94. The standard InChI is InChI=1S/C18H36N2O3/c1-13(2)16(20-10-14(3)23-15(4)11-20)17(22)19-9-7-8-18(5,6)12-21/h13-16,21H,7-12H2,1-6H3,(H,19,22). The summed E-state index contributed by atoms with van der Waals surface area (Å²) in [7, 11) is 0. The van der Waals surface area contributed by atoms with E-state index in [2.05, 4.69) is 37.9 Å². The van der Waals surface area contributed by atoms with Crippen molar-refractivity contribution in [1.29, 1.82) is 0 Å². The molecule has 0 radical (unpaired) electrons. The van der Waals surface area contributed by atoms with Crippen LogP contribution in [0.3, 0.4) is 0 Å². The Morgan fingerprint density at radius 2 is 1.87 bits per heavy atom. The van der Waals surface area contributed by atoms with Gasteiger partial charge in [-0.1, -0.05) is 27.7 Å². The first kappa shape index (κ1) is 20.4. The molecular formula is C18H36N2O3. The quantitative estimate of drug-likeness (QED) is 0.669. The van der Waals surface area contributed by atoms with Gasteiger partial charge in [0.1, 0.15) is 0 Å². The van der Waals surface area contributed by atoms with Crippen LogP contribution in [0.5, 0.6) is 0 Å². The van der Waals surface area contributed by atoms with Gasteiger partial charge in [-0.15, -0.1) is 0 Å². The molecule has 1 aliphatic rings. The fraction of sp³-hybridized carbons (Fsp3) is 0.944. The van der Waals surface area contributed by atoms with Crippen molar-refractivity contribution < 1.29 is 14.6 Å². The van der Waals surface area contributed by atoms with Crippen molar-refractivity contribution in [2.24, 2.45) is 11.3 Å². The average Bonchev–Trinajstić information content (AvgIpc) is 2.42. The van der Waals surface area contributed by atoms with Gasteiger partial charge in [-0.3, -0.25) is 9.69 Å². The van der Waals surface area contributed by atoms with Crippen molar-refractivity contribution in [2.75, 3.05) is 26.2 Å². The number of rotatable bonds is 8. The number of hydrogen-bond acceptors (Lipinski definition) is 4. The molecule has 0 aliphatic carbocycles. The van der Waals surface area contributed by atoms with Crippen molar-refractivity contribution in [1.82, 2.24) is 10.2 Å². The lowest BCUT2D eigenvalue weighted by atomic mass is 9.89. The third kappa shape index (κ3) is 6.77. The molecule has 1 aliphatic heterocycles. The Kier molecular flexibility index (Phi) is 7.98. The molecule has 1 amide bonds. The summed E-state index contributed by atoms with van der Waals surface area (Å²) < 4.78 is 5.78. The summed E-state index contributed by atoms with van der Waals surface area (Å²) in [6.45, 7) is 14.9. The molecule has 1 saturated heterocycles. The van der Waals surface area contributed by atoms with Gasteiger partial charge in [-0.2, -0.15) is 0 Å². The van der Waals surface area contributed by atoms with Crippen molar-refractivity contribution in [2.45, 2.75) is 72.6 Å². The highest BCUT2D eigenvalue weighted by Gasteiger charge is 2.33. The number of nitrogens with one attached hydrogen (secondary N) is 1. The zero-order valence-corrected chi connectivity index (χ0v) is 15.8. The minimum Gasteiger partial charge on any atom is -0.396 e. The molecule has 0 aromatic heterocycles. The molecule has 23 heavy (non-hydrogen) atoms. The second-order valence-corrected chi connectivity index (χ2v) is 8.12. The van der Waals surface area contributed by atoms with E-state index in [1.165, 1.54) is 0 Å². The molecule has 5 heteroatoms. The number of hydrogen-bond donors (Lipinski definition) is 2. The van der Waals surface area contributed by atoms with Gasteiger partial charge in [0.25, 0.3) is 0 Å². The largest absolute Gasteiger partial charge is 0.396 e. The van der Waals surface area contributed by atoms with E-state index in [9.17, 15) is 9.90 Å². The van der Waals surface area contributed by atoms with Gasteiger partial charge in [-0.05, 0) is 38.0 Å². The summed E-state index contributed by atoms with van der Waals surface area (Å²) in [5.41, 5.74) is -0.0722. The van der Waals surface area contributed by atoms with Crippen LogP contribution < -0.4 is 5.32 Å². The fourth-order valence-corrected chi connectivity index (χ4v) is 3.30. The normalized spacial score (nSPS) is 24.7. The molecule has 0 aromatic carbocycles. The molecule has 1 heterocycles. The molecule has 2 N–H and O–H groups in total. The van der Waals surface area contributed by atoms with Gasteiger partial charge in [0.2, 0.25) is 5.91 Å². The summed E-state index contributed by atoms with van der Waals surface area (Å²) in [6, 6.07) is -0.102. The Labute approximate surface area is 141 Å². The number of amides is 1. The molecule has 0 bridgehead atoms. The zero-order valence-electron chi connectivity index (χ0n) is 15.8. The van der Waals surface area contributed by atoms with Gasteiger partial charge in [0.15, 0.2) is 0 Å². The molecule has 1 fully saturated rings. The minimum absolute atomic E-state index is 0.0722. The van der Waals surface area contributed by atoms with Crippen LogP contribution in [0.25, 0.3) is 0 Å². The Hall–Kier alpha value is -0.650. The molecule has 0 spiro atoms. The molecule has 0 aromatic rings. The predicted octanol–water partition coefficient (Wildman–Crippen LogP) is 2.04. The van der Waals surface area contributed by atoms with Gasteiger partial charge in [0, 0.05) is 26.2 Å². The summed E-state index contributed by atoms with van der Waals surface area (Å²) in [5, 5.41) is 12.4. The third-order valence-corrected chi connectivity index (χ3v) is 4.50. The van der Waals surface area contributed by atoms with Crippen LogP contribution in [-0.2, 0) is 9.53 Å². The van der Waals surface area contributed by atoms with E-state index in [0.717, 1.165) is 25.9 Å². The summed E-state index contributed by atoms with van der Waals surface area (Å²) >= 11 is 0. The van der Waals surface area contributed by atoms with Gasteiger partial charge in [0.05, 0.1) is 18.2 Å². The van der Waals surface area contributed by atoms with Crippen LogP contribution in [0.2, 0.25) is 0 Å². The second-order valence-electron chi connectivity index (χ2n) is 8.12. The first-order valence-electron chi connectivity index (χ1n) is 8.94. The van der Waals surface area contributed by atoms with E-state index in [-0.39, 0.29) is 42.1 Å². The van der Waals surface area contributed by atoms with Crippen molar-refractivity contribution in [3.8, 4) is 0 Å². The topological polar surface area (TPSA) is 61.8 Å². The van der Waals surface area contributed by atoms with Crippen LogP contribution in [0.15, 0.2) is 0 Å². The smallest absolute Gasteiger partial charge is 0.237 e. The maximum absolute atomic E-state index is 12.6. The number of aliphatic hydroxyl groups is 1. The summed E-state index contributed by atoms with van der Waals surface area (Å²) in [6.07, 6.45) is 2.12. The Balaban J connectivity index is 2.52. The molecule has 3 atom stereocenters. The van der Waals surface area contributed by atoms with E-state index in [1.54, 1.807) is 0 Å². The van der Waals surface area contributed by atoms with Gasteiger partial charge < -0.3 is 15.2 Å². The Bertz CT molecular complexity index is 361. The number of ether oxygens (including phenoxy) is 1. The number of carbonyl (C=O) groups is 1. The van der Waals surface area contributed by atoms with Crippen LogP contribution in [-0.4, -0.2) is 60.4 Å². The number of aliphatic hydroxyl groups excluding tert-OH is 1. The van der Waals surface area contributed by atoms with E-state index in [4.69, 9.17) is 4.74 Å². The molecule has 1 rings (SSSR count). The van der Waals surface area contributed by atoms with Crippen molar-refractivity contribution in [3.05, 3.63) is 0 Å². The van der Waals surface area contributed by atoms with Crippen molar-refractivity contribution >= 4 is 5.91 Å². The maximum atomic E-state index is 12.6. The van der Waals surface area contributed by atoms with Crippen LogP contribution in [0.4, 0.5) is 0 Å². The van der Waals surface area contributed by atoms with Gasteiger partial charge >= 0.3 is 0 Å². The highest BCUT2D eigenvalue weighted by Crippen LogP contribution is 2.21. The van der Waals surface area contributed by atoms with Crippen molar-refractivity contribution in [3.63, 3.8) is 0 Å². The molecular weight excluding hydrogens is 292 g/mol. The van der Waals surface area contributed by atoms with Crippen LogP contribution in [0.1, 0.15) is 54.4 Å². The van der Waals surface area contributed by atoms with Gasteiger partial charge in [-0.25, -0.2) is 0 Å². The monoisotopic (exact) mass is 328 g/mol. The molecule has 5 nitrogen and oxygen atoms in total. The Morgan fingerprint density at radius 3 is 2.35 bits per heavy atom. The zero-order chi connectivity index (χ0) is 17.6. The van der Waals surface area contributed by atoms with E-state index in [1.807, 2.05) is 13.8 Å². The average molecular weight is 328 g/mol. The summed E-state index contributed by atoms with van der Waals surface area (Å²) in [5.74, 6) is 0.379. The SMILES string of the molecule is CC1CN(C(C(=O)NCCCC(C)(C)CO)C(C)C)CC(C)O1. The lowest BCUT2D eigenvalue weighted by Crippen LogP contribution is -2.57. The third-order valence-electron chi connectivity index (χ3n) is 4.50. The van der Waals surface area contributed by atoms with E-state index in [0.29, 0.717) is 6.54 Å². The molecule has 136 valence electrons.